The van der Waals surface area contributed by atoms with Crippen LogP contribution < -0.4 is 0 Å². The lowest BCUT2D eigenvalue weighted by Gasteiger charge is -2.13. The van der Waals surface area contributed by atoms with Gasteiger partial charge < -0.3 is 0 Å². The molecule has 0 radical (unpaired) electrons. The number of fused-ring (bicyclic) bond motifs is 4. The molecule has 0 unspecified atom stereocenters. The average Bonchev–Trinajstić information content (AvgIpc) is 3.26. The molecular weight excluding hydrogens is 653 g/mol. The molecule has 0 N–H and O–H groups in total. The molecule has 2 heteroatoms. The Hall–Kier alpha value is -7.16. The van der Waals surface area contributed by atoms with Crippen LogP contribution in [-0.2, 0) is 0 Å². The molecule has 0 amide bonds. The third-order valence-corrected chi connectivity index (χ3v) is 10.5. The van der Waals surface area contributed by atoms with Crippen LogP contribution in [0.3, 0.4) is 0 Å². The summed E-state index contributed by atoms with van der Waals surface area (Å²) in [5.74, 6) is 0.710. The first-order chi connectivity index (χ1) is 26.7. The van der Waals surface area contributed by atoms with Crippen molar-refractivity contribution in [3.63, 3.8) is 0 Å². The van der Waals surface area contributed by atoms with Crippen molar-refractivity contribution in [3.8, 4) is 67.2 Å². The molecule has 252 valence electrons. The van der Waals surface area contributed by atoms with Crippen molar-refractivity contribution < 1.29 is 0 Å². The van der Waals surface area contributed by atoms with Gasteiger partial charge >= 0.3 is 0 Å². The van der Waals surface area contributed by atoms with Gasteiger partial charge in [-0.3, -0.25) is 0 Å². The Balaban J connectivity index is 1.06. The van der Waals surface area contributed by atoms with Crippen LogP contribution in [0.4, 0.5) is 0 Å². The van der Waals surface area contributed by atoms with Gasteiger partial charge in [-0.2, -0.15) is 0 Å². The zero-order chi connectivity index (χ0) is 35.8. The van der Waals surface area contributed by atoms with Gasteiger partial charge in [0.2, 0.25) is 0 Å². The van der Waals surface area contributed by atoms with Crippen LogP contribution in [0.2, 0.25) is 0 Å². The van der Waals surface area contributed by atoms with E-state index in [1.165, 1.54) is 44.2 Å². The Kier molecular flexibility index (Phi) is 7.85. The van der Waals surface area contributed by atoms with Crippen LogP contribution in [0.1, 0.15) is 0 Å². The smallest absolute Gasteiger partial charge is 0.160 e. The summed E-state index contributed by atoms with van der Waals surface area (Å²) in [6, 6.07) is 73.5. The highest BCUT2D eigenvalue weighted by Crippen LogP contribution is 2.36. The van der Waals surface area contributed by atoms with Gasteiger partial charge in [0.15, 0.2) is 5.82 Å². The van der Waals surface area contributed by atoms with E-state index in [1.54, 1.807) is 0 Å². The van der Waals surface area contributed by atoms with Gasteiger partial charge in [-0.1, -0.05) is 176 Å². The highest BCUT2D eigenvalue weighted by molar-refractivity contribution is 6.10. The lowest BCUT2D eigenvalue weighted by atomic mass is 9.95. The minimum Gasteiger partial charge on any atom is -0.227 e. The van der Waals surface area contributed by atoms with Crippen LogP contribution in [0, 0.1) is 0 Å². The van der Waals surface area contributed by atoms with Gasteiger partial charge in [-0.15, -0.1) is 0 Å². The van der Waals surface area contributed by atoms with Gasteiger partial charge in [0, 0.05) is 21.9 Å². The van der Waals surface area contributed by atoms with Crippen LogP contribution in [-0.4, -0.2) is 9.97 Å². The topological polar surface area (TPSA) is 25.8 Å². The van der Waals surface area contributed by atoms with Crippen molar-refractivity contribution >= 4 is 32.4 Å². The summed E-state index contributed by atoms with van der Waals surface area (Å²) < 4.78 is 0. The van der Waals surface area contributed by atoms with E-state index in [2.05, 4.69) is 206 Å². The van der Waals surface area contributed by atoms with Crippen LogP contribution in [0.25, 0.3) is 99.6 Å². The monoisotopic (exact) mass is 686 g/mol. The summed E-state index contributed by atoms with van der Waals surface area (Å²) in [5, 5.41) is 5.81. The number of benzene rings is 9. The fourth-order valence-electron chi connectivity index (χ4n) is 7.63. The molecule has 10 rings (SSSR count). The zero-order valence-electron chi connectivity index (χ0n) is 29.5. The van der Waals surface area contributed by atoms with Gasteiger partial charge in [-0.05, 0) is 91.0 Å². The fraction of sp³-hybridized carbons (Fsp3) is 0. The zero-order valence-corrected chi connectivity index (χ0v) is 29.5. The van der Waals surface area contributed by atoms with E-state index in [1.807, 2.05) is 0 Å². The molecule has 0 saturated carbocycles. The quantitative estimate of drug-likeness (QED) is 0.163. The number of nitrogens with zero attached hydrogens (tertiary/aromatic N) is 2. The summed E-state index contributed by atoms with van der Waals surface area (Å²) in [5.41, 5.74) is 13.4. The van der Waals surface area contributed by atoms with Crippen molar-refractivity contribution in [2.75, 3.05) is 0 Å². The molecule has 0 fully saturated rings. The molecule has 54 heavy (non-hydrogen) atoms. The Morgan fingerprint density at radius 2 is 0.704 bits per heavy atom. The highest BCUT2D eigenvalue weighted by Gasteiger charge is 2.15. The Morgan fingerprint density at radius 3 is 1.41 bits per heavy atom. The van der Waals surface area contributed by atoms with Crippen molar-refractivity contribution in [1.29, 1.82) is 0 Å². The van der Waals surface area contributed by atoms with Crippen molar-refractivity contribution in [2.45, 2.75) is 0 Å². The van der Waals surface area contributed by atoms with Crippen LogP contribution in [0.15, 0.2) is 206 Å². The molecule has 0 atom stereocenters. The maximum Gasteiger partial charge on any atom is 0.160 e. The minimum absolute atomic E-state index is 0.710. The first-order valence-corrected chi connectivity index (χ1v) is 18.4. The number of hydrogen-bond acceptors (Lipinski definition) is 2. The molecule has 0 aliphatic rings. The summed E-state index contributed by atoms with van der Waals surface area (Å²) in [6.07, 6.45) is 0. The molecule has 0 saturated heterocycles. The van der Waals surface area contributed by atoms with Crippen molar-refractivity contribution in [1.82, 2.24) is 9.97 Å². The number of aromatic nitrogens is 2. The summed E-state index contributed by atoms with van der Waals surface area (Å²) >= 11 is 0. The summed E-state index contributed by atoms with van der Waals surface area (Å²) in [6.45, 7) is 0. The largest absolute Gasteiger partial charge is 0.227 e. The molecule has 0 aliphatic carbocycles. The minimum atomic E-state index is 0.710. The number of hydrogen-bond donors (Lipinski definition) is 0. The molecule has 9 aromatic carbocycles. The molecule has 2 nitrogen and oxygen atoms in total. The average molecular weight is 687 g/mol. The van der Waals surface area contributed by atoms with E-state index in [9.17, 15) is 0 Å². The fourth-order valence-corrected chi connectivity index (χ4v) is 7.63. The first-order valence-electron chi connectivity index (χ1n) is 18.4. The molecule has 0 spiro atoms. The molecule has 0 bridgehead atoms. The van der Waals surface area contributed by atoms with Crippen molar-refractivity contribution in [3.05, 3.63) is 206 Å². The third kappa shape index (κ3) is 5.90. The van der Waals surface area contributed by atoms with Crippen LogP contribution >= 0.6 is 0 Å². The summed E-state index contributed by atoms with van der Waals surface area (Å²) in [4.78, 5) is 10.6. The predicted octanol–water partition coefficient (Wildman–Crippen LogP) is 13.9. The molecule has 1 aromatic heterocycles. The summed E-state index contributed by atoms with van der Waals surface area (Å²) in [7, 11) is 0. The second-order valence-electron chi connectivity index (χ2n) is 13.8. The normalized spacial score (nSPS) is 11.3. The second-order valence-corrected chi connectivity index (χ2v) is 13.8. The van der Waals surface area contributed by atoms with E-state index < -0.39 is 0 Å². The third-order valence-electron chi connectivity index (χ3n) is 10.5. The highest BCUT2D eigenvalue weighted by atomic mass is 14.9. The van der Waals surface area contributed by atoms with E-state index in [0.717, 1.165) is 49.6 Å². The van der Waals surface area contributed by atoms with E-state index in [4.69, 9.17) is 9.97 Å². The first kappa shape index (κ1) is 31.6. The SMILES string of the molecule is c1ccc(-c2cccc(-c3ccc(-c4nc(-c5cccc(-c6cccc(-c7ccc8ccccc8c7)c6)c5)c5ccc6ccccc6c5n4)cc3)c2)cc1. The Labute approximate surface area is 314 Å². The molecule has 1 heterocycles. The van der Waals surface area contributed by atoms with E-state index in [0.29, 0.717) is 5.82 Å². The van der Waals surface area contributed by atoms with Crippen LogP contribution in [0.5, 0.6) is 0 Å². The van der Waals surface area contributed by atoms with E-state index >= 15 is 0 Å². The maximum absolute atomic E-state index is 5.32. The molecule has 10 aromatic rings. The Morgan fingerprint density at radius 1 is 0.241 bits per heavy atom. The maximum atomic E-state index is 5.32. The molecule has 0 aliphatic heterocycles. The second kappa shape index (κ2) is 13.4. The molecular formula is C52H34N2. The van der Waals surface area contributed by atoms with Gasteiger partial charge in [0.1, 0.15) is 0 Å². The van der Waals surface area contributed by atoms with Gasteiger partial charge in [0.05, 0.1) is 11.2 Å². The van der Waals surface area contributed by atoms with Gasteiger partial charge in [0.25, 0.3) is 0 Å². The van der Waals surface area contributed by atoms with Crippen molar-refractivity contribution in [2.24, 2.45) is 0 Å². The number of rotatable bonds is 6. The van der Waals surface area contributed by atoms with Gasteiger partial charge in [-0.25, -0.2) is 9.97 Å². The van der Waals surface area contributed by atoms with E-state index in [-0.39, 0.29) is 0 Å². The lowest BCUT2D eigenvalue weighted by molar-refractivity contribution is 1.23. The predicted molar refractivity (Wildman–Crippen MR) is 227 cm³/mol. The Bertz CT molecular complexity index is 2980. The lowest BCUT2D eigenvalue weighted by Crippen LogP contribution is -1.96. The standard InChI is InChI=1S/C52H34N2/c1-2-11-35(12-3-1)41-16-8-17-42(31-41)37-23-26-39(27-24-37)52-53-50(49-30-29-38-14-6-7-22-48(38)51(49)54-52)47-21-10-20-45(34-47)43-18-9-19-44(33-43)46-28-25-36-13-4-5-15-40(36)32-46/h1-34H.